The van der Waals surface area contributed by atoms with Gasteiger partial charge in [-0.2, -0.15) is 11.8 Å². The van der Waals surface area contributed by atoms with E-state index in [0.717, 1.165) is 5.75 Å². The van der Waals surface area contributed by atoms with Gasteiger partial charge in [0.2, 0.25) is 0 Å². The Kier molecular flexibility index (Phi) is 4.48. The summed E-state index contributed by atoms with van der Waals surface area (Å²) in [5.41, 5.74) is 9.54. The van der Waals surface area contributed by atoms with Crippen LogP contribution in [0.1, 0.15) is 6.92 Å². The molecule has 0 bridgehead atoms. The van der Waals surface area contributed by atoms with Crippen molar-refractivity contribution >= 4 is 17.7 Å². The second-order valence-corrected chi connectivity index (χ2v) is 3.67. The molecule has 0 aromatic rings. The summed E-state index contributed by atoms with van der Waals surface area (Å²) in [5, 5.41) is 8.57. The van der Waals surface area contributed by atoms with Crippen LogP contribution in [-0.4, -0.2) is 34.7 Å². The molecular formula is C6H14N2O2S. The van der Waals surface area contributed by atoms with Gasteiger partial charge in [-0.05, 0) is 6.92 Å². The van der Waals surface area contributed by atoms with Crippen LogP contribution in [0, 0.1) is 0 Å². The lowest BCUT2D eigenvalue weighted by molar-refractivity contribution is -0.141. The summed E-state index contributed by atoms with van der Waals surface area (Å²) < 4.78 is 0. The molecule has 5 N–H and O–H groups in total. The third-order valence-electron chi connectivity index (χ3n) is 1.15. The molecule has 0 saturated carbocycles. The first-order valence-electron chi connectivity index (χ1n) is 3.31. The number of thioether (sulfide) groups is 1. The van der Waals surface area contributed by atoms with Gasteiger partial charge in [-0.1, -0.05) is 0 Å². The van der Waals surface area contributed by atoms with Crippen LogP contribution >= 0.6 is 11.8 Å². The van der Waals surface area contributed by atoms with Crippen molar-refractivity contribution in [1.29, 1.82) is 0 Å². The summed E-state index contributed by atoms with van der Waals surface area (Å²) in [6.45, 7) is 2.05. The van der Waals surface area contributed by atoms with Gasteiger partial charge in [0.15, 0.2) is 0 Å². The van der Waals surface area contributed by atoms with Gasteiger partial charge in [0.05, 0.1) is 0 Å². The van der Waals surface area contributed by atoms with Crippen LogP contribution in [0.15, 0.2) is 0 Å². The summed E-state index contributed by atoms with van der Waals surface area (Å²) in [5.74, 6) is 0.182. The predicted molar refractivity (Wildman–Crippen MR) is 46.6 cm³/mol. The van der Waals surface area contributed by atoms with E-state index in [1.807, 2.05) is 0 Å². The Morgan fingerprint density at radius 3 is 2.64 bits per heavy atom. The average Bonchev–Trinajstić information content (AvgIpc) is 1.88. The van der Waals surface area contributed by atoms with Crippen LogP contribution in [0.25, 0.3) is 0 Å². The van der Waals surface area contributed by atoms with E-state index in [4.69, 9.17) is 16.6 Å². The van der Waals surface area contributed by atoms with Gasteiger partial charge >= 0.3 is 5.97 Å². The normalized spacial score (nSPS) is 15.9. The maximum Gasteiger partial charge on any atom is 0.324 e. The number of hydrogen-bond acceptors (Lipinski definition) is 4. The molecule has 0 aromatic heterocycles. The zero-order valence-electron chi connectivity index (χ0n) is 6.54. The fraction of sp³-hybridized carbons (Fsp3) is 0.833. The summed E-state index contributed by atoms with van der Waals surface area (Å²) in [4.78, 5) is 10.4. The molecule has 0 aliphatic heterocycles. The summed E-state index contributed by atoms with van der Waals surface area (Å²) >= 11 is 1.46. The van der Waals surface area contributed by atoms with E-state index >= 15 is 0 Å². The Labute approximate surface area is 70.3 Å². The van der Waals surface area contributed by atoms with Gasteiger partial charge in [-0.3, -0.25) is 4.79 Å². The number of carbonyl (C=O) groups is 1. The summed E-state index contributed by atoms with van der Waals surface area (Å²) in [6.07, 6.45) is 0. The topological polar surface area (TPSA) is 89.3 Å². The molecule has 0 aliphatic rings. The largest absolute Gasteiger partial charge is 0.480 e. The highest BCUT2D eigenvalue weighted by Crippen LogP contribution is 2.09. The smallest absolute Gasteiger partial charge is 0.324 e. The molecule has 0 aliphatic carbocycles. The van der Waals surface area contributed by atoms with E-state index in [0.29, 0.717) is 12.3 Å². The zero-order chi connectivity index (χ0) is 8.91. The van der Waals surface area contributed by atoms with Crippen LogP contribution in [0.2, 0.25) is 0 Å². The molecule has 0 aromatic carbocycles. The highest BCUT2D eigenvalue weighted by molar-refractivity contribution is 7.99. The highest BCUT2D eigenvalue weighted by atomic mass is 32.2. The molecule has 0 amide bonds. The Bertz CT molecular complexity index is 139. The number of carboxylic acid groups (broad SMARTS) is 1. The lowest BCUT2D eigenvalue weighted by Gasteiger charge is -2.17. The van der Waals surface area contributed by atoms with Crippen LogP contribution in [0.4, 0.5) is 0 Å². The molecular weight excluding hydrogens is 164 g/mol. The third-order valence-corrected chi connectivity index (χ3v) is 2.48. The minimum atomic E-state index is -1.13. The standard InChI is InChI=1S/C6H14N2O2S/c1-6(8,5(9)10)4-11-3-2-7/h2-4,7-8H2,1H3,(H,9,10)/t6-/m1/s1. The van der Waals surface area contributed by atoms with E-state index in [2.05, 4.69) is 0 Å². The molecule has 0 saturated heterocycles. The minimum Gasteiger partial charge on any atom is -0.480 e. The van der Waals surface area contributed by atoms with Gasteiger partial charge in [0, 0.05) is 18.1 Å². The van der Waals surface area contributed by atoms with Gasteiger partial charge in [-0.15, -0.1) is 0 Å². The maximum absolute atomic E-state index is 10.4. The van der Waals surface area contributed by atoms with E-state index in [1.54, 1.807) is 0 Å². The monoisotopic (exact) mass is 178 g/mol. The van der Waals surface area contributed by atoms with E-state index < -0.39 is 11.5 Å². The molecule has 0 radical (unpaired) electrons. The van der Waals surface area contributed by atoms with E-state index in [-0.39, 0.29) is 0 Å². The Morgan fingerprint density at radius 1 is 1.73 bits per heavy atom. The number of rotatable bonds is 5. The SMILES string of the molecule is C[C@@](N)(CSCCN)C(=O)O. The second kappa shape index (κ2) is 4.58. The fourth-order valence-corrected chi connectivity index (χ4v) is 1.29. The molecule has 11 heavy (non-hydrogen) atoms. The minimum absolute atomic E-state index is 0.402. The molecule has 4 nitrogen and oxygen atoms in total. The first kappa shape index (κ1) is 10.7. The van der Waals surface area contributed by atoms with Gasteiger partial charge in [0.25, 0.3) is 0 Å². The number of nitrogens with two attached hydrogens (primary N) is 2. The average molecular weight is 178 g/mol. The van der Waals surface area contributed by atoms with Crippen molar-refractivity contribution < 1.29 is 9.90 Å². The van der Waals surface area contributed by atoms with Crippen molar-refractivity contribution in [3.05, 3.63) is 0 Å². The van der Waals surface area contributed by atoms with Crippen molar-refractivity contribution in [1.82, 2.24) is 0 Å². The van der Waals surface area contributed by atoms with Gasteiger partial charge < -0.3 is 16.6 Å². The molecule has 5 heteroatoms. The first-order valence-corrected chi connectivity index (χ1v) is 4.46. The summed E-state index contributed by atoms with van der Waals surface area (Å²) in [7, 11) is 0. The molecule has 0 rings (SSSR count). The van der Waals surface area contributed by atoms with Crippen molar-refractivity contribution in [3.63, 3.8) is 0 Å². The number of hydrogen-bond donors (Lipinski definition) is 3. The first-order chi connectivity index (χ1) is 5.00. The van der Waals surface area contributed by atoms with Crippen LogP contribution in [0.3, 0.4) is 0 Å². The maximum atomic E-state index is 10.4. The molecule has 0 unspecified atom stereocenters. The lowest BCUT2D eigenvalue weighted by Crippen LogP contribution is -2.47. The van der Waals surface area contributed by atoms with Crippen molar-refractivity contribution in [3.8, 4) is 0 Å². The summed E-state index contributed by atoms with van der Waals surface area (Å²) in [6, 6.07) is 0. The quantitative estimate of drug-likeness (QED) is 0.493. The van der Waals surface area contributed by atoms with Crippen molar-refractivity contribution in [2.45, 2.75) is 12.5 Å². The van der Waals surface area contributed by atoms with E-state index in [1.165, 1.54) is 18.7 Å². The second-order valence-electron chi connectivity index (χ2n) is 2.56. The number of aliphatic carboxylic acids is 1. The van der Waals surface area contributed by atoms with Crippen molar-refractivity contribution in [2.75, 3.05) is 18.1 Å². The zero-order valence-corrected chi connectivity index (χ0v) is 7.36. The number of carboxylic acids is 1. The fourth-order valence-electron chi connectivity index (χ4n) is 0.429. The molecule has 0 spiro atoms. The molecule has 66 valence electrons. The molecule has 0 heterocycles. The Balaban J connectivity index is 3.64. The van der Waals surface area contributed by atoms with Crippen molar-refractivity contribution in [2.24, 2.45) is 11.5 Å². The highest BCUT2D eigenvalue weighted by Gasteiger charge is 2.27. The Hall–Kier alpha value is -0.260. The van der Waals surface area contributed by atoms with Crippen LogP contribution in [-0.2, 0) is 4.79 Å². The van der Waals surface area contributed by atoms with Crippen LogP contribution in [0.5, 0.6) is 0 Å². The third kappa shape index (κ3) is 4.23. The predicted octanol–water partition coefficient (Wildman–Crippen LogP) is -0.520. The van der Waals surface area contributed by atoms with Gasteiger partial charge in [-0.25, -0.2) is 0 Å². The van der Waals surface area contributed by atoms with Crippen LogP contribution < -0.4 is 11.5 Å². The van der Waals surface area contributed by atoms with Gasteiger partial charge in [0.1, 0.15) is 5.54 Å². The van der Waals surface area contributed by atoms with E-state index in [9.17, 15) is 4.79 Å². The lowest BCUT2D eigenvalue weighted by atomic mass is 10.1. The molecule has 0 fully saturated rings. The Morgan fingerprint density at radius 2 is 2.27 bits per heavy atom. The molecule has 1 atom stereocenters.